The van der Waals surface area contributed by atoms with Crippen LogP contribution in [0.3, 0.4) is 0 Å². The standard InChI is InChI=1S/C28H37N3O7S/c1-36-23-8-5-9-25(16-23)39(34,35)31-18-22(32)19-37-20-27-26(31)11-10-24(38-27)17-28(33)30-14-12-29(13-15-30)21-6-3-2-4-7-21/h2-9,16,22,24,26-27,32H,10-15,17-20H2,1H3/t22-,24-,26-,27+/m0/s1. The van der Waals surface area contributed by atoms with Gasteiger partial charge in [0.15, 0.2) is 0 Å². The monoisotopic (exact) mass is 559 g/mol. The molecule has 1 N–H and O–H groups in total. The summed E-state index contributed by atoms with van der Waals surface area (Å²) in [4.78, 5) is 17.4. The Morgan fingerprint density at radius 3 is 2.54 bits per heavy atom. The number of rotatable bonds is 6. The van der Waals surface area contributed by atoms with Gasteiger partial charge in [-0.25, -0.2) is 8.42 Å². The zero-order chi connectivity index (χ0) is 27.4. The Labute approximate surface area is 230 Å². The number of nitrogens with zero attached hydrogens (tertiary/aromatic N) is 3. The lowest BCUT2D eigenvalue weighted by Gasteiger charge is -2.44. The Bertz CT molecular complexity index is 1220. The maximum atomic E-state index is 13.7. The van der Waals surface area contributed by atoms with Crippen LogP contribution in [0.4, 0.5) is 5.69 Å². The zero-order valence-corrected chi connectivity index (χ0v) is 23.0. The first kappa shape index (κ1) is 27.9. The summed E-state index contributed by atoms with van der Waals surface area (Å²) >= 11 is 0. The Balaban J connectivity index is 1.23. The molecular weight excluding hydrogens is 522 g/mol. The predicted molar refractivity (Wildman–Crippen MR) is 145 cm³/mol. The highest BCUT2D eigenvalue weighted by atomic mass is 32.2. The van der Waals surface area contributed by atoms with Crippen LogP contribution < -0.4 is 9.64 Å². The molecule has 0 bridgehead atoms. The number of sulfonamides is 1. The number of aliphatic hydroxyl groups is 1. The molecule has 3 saturated heterocycles. The van der Waals surface area contributed by atoms with E-state index in [2.05, 4.69) is 17.0 Å². The van der Waals surface area contributed by atoms with Gasteiger partial charge >= 0.3 is 0 Å². The fraction of sp³-hybridized carbons (Fsp3) is 0.536. The first-order valence-electron chi connectivity index (χ1n) is 13.5. The number of ether oxygens (including phenoxy) is 3. The summed E-state index contributed by atoms with van der Waals surface area (Å²) in [5, 5.41) is 10.4. The zero-order valence-electron chi connectivity index (χ0n) is 22.2. The van der Waals surface area contributed by atoms with Gasteiger partial charge in [0.05, 0.1) is 56.0 Å². The van der Waals surface area contributed by atoms with E-state index in [1.165, 1.54) is 23.5 Å². The number of carbonyl (C=O) groups excluding carboxylic acids is 1. The van der Waals surface area contributed by atoms with Gasteiger partial charge in [0.1, 0.15) is 5.75 Å². The van der Waals surface area contributed by atoms with Crippen LogP contribution in [0.15, 0.2) is 59.5 Å². The number of amides is 1. The molecule has 39 heavy (non-hydrogen) atoms. The van der Waals surface area contributed by atoms with Crippen molar-refractivity contribution in [1.29, 1.82) is 0 Å². The molecule has 3 heterocycles. The molecule has 0 aliphatic carbocycles. The topological polar surface area (TPSA) is 109 Å². The van der Waals surface area contributed by atoms with Crippen molar-refractivity contribution in [2.24, 2.45) is 0 Å². The number of β-amino-alcohol motifs (C(OH)–C–C–N with tert-alkyl or cyclic N) is 1. The average molecular weight is 560 g/mol. The van der Waals surface area contributed by atoms with Crippen molar-refractivity contribution in [3.63, 3.8) is 0 Å². The summed E-state index contributed by atoms with van der Waals surface area (Å²) in [7, 11) is -2.46. The van der Waals surface area contributed by atoms with Crippen LogP contribution in [-0.4, -0.2) is 106 Å². The summed E-state index contributed by atoms with van der Waals surface area (Å²) in [6.07, 6.45) is -0.527. The van der Waals surface area contributed by atoms with E-state index < -0.39 is 28.3 Å². The summed E-state index contributed by atoms with van der Waals surface area (Å²) in [6.45, 7) is 2.91. The van der Waals surface area contributed by atoms with Crippen LogP contribution in [0, 0.1) is 0 Å². The molecule has 11 heteroatoms. The van der Waals surface area contributed by atoms with Gasteiger partial charge in [0, 0.05) is 44.5 Å². The molecule has 4 atom stereocenters. The maximum Gasteiger partial charge on any atom is 0.243 e. The van der Waals surface area contributed by atoms with Gasteiger partial charge in [-0.15, -0.1) is 0 Å². The molecule has 5 rings (SSSR count). The van der Waals surface area contributed by atoms with Crippen LogP contribution in [0.5, 0.6) is 5.75 Å². The highest BCUT2D eigenvalue weighted by molar-refractivity contribution is 7.89. The molecule has 212 valence electrons. The first-order chi connectivity index (χ1) is 18.8. The summed E-state index contributed by atoms with van der Waals surface area (Å²) < 4.78 is 46.0. The molecule has 1 amide bonds. The van der Waals surface area contributed by atoms with Crippen molar-refractivity contribution in [3.8, 4) is 5.75 Å². The van der Waals surface area contributed by atoms with Gasteiger partial charge in [-0.2, -0.15) is 4.31 Å². The Morgan fingerprint density at radius 1 is 1.03 bits per heavy atom. The SMILES string of the molecule is COc1cccc(S(=O)(=O)N2C[C@H](O)COC[C@H]3O[C@H](CC(=O)N4CCN(c5ccccc5)CC4)CC[C@@H]32)c1. The van der Waals surface area contributed by atoms with E-state index in [9.17, 15) is 18.3 Å². The van der Waals surface area contributed by atoms with E-state index in [1.54, 1.807) is 12.1 Å². The van der Waals surface area contributed by atoms with E-state index in [0.29, 0.717) is 31.7 Å². The second-order valence-electron chi connectivity index (χ2n) is 10.3. The number of methoxy groups -OCH3 is 1. The number of aliphatic hydroxyl groups excluding tert-OH is 1. The fourth-order valence-corrected chi connectivity index (χ4v) is 7.40. The van der Waals surface area contributed by atoms with Crippen LogP contribution in [0.1, 0.15) is 19.3 Å². The van der Waals surface area contributed by atoms with E-state index in [0.717, 1.165) is 18.8 Å². The summed E-state index contributed by atoms with van der Waals surface area (Å²) in [5.74, 6) is 0.487. The molecule has 0 spiro atoms. The lowest BCUT2D eigenvalue weighted by molar-refractivity contribution is -0.151. The molecule has 3 aliphatic heterocycles. The van der Waals surface area contributed by atoms with E-state index >= 15 is 0 Å². The molecule has 0 aromatic heterocycles. The third-order valence-corrected chi connectivity index (χ3v) is 9.62. The lowest BCUT2D eigenvalue weighted by Crippen LogP contribution is -2.57. The summed E-state index contributed by atoms with van der Waals surface area (Å²) in [5.41, 5.74) is 1.16. The van der Waals surface area contributed by atoms with E-state index in [4.69, 9.17) is 14.2 Å². The normalized spacial score (nSPS) is 26.8. The highest BCUT2D eigenvalue weighted by Gasteiger charge is 2.43. The number of benzene rings is 2. The van der Waals surface area contributed by atoms with Crippen molar-refractivity contribution in [2.45, 2.75) is 48.5 Å². The molecule has 10 nitrogen and oxygen atoms in total. The van der Waals surface area contributed by atoms with Crippen molar-refractivity contribution < 1.29 is 32.5 Å². The first-order valence-corrected chi connectivity index (χ1v) is 14.9. The molecule has 3 aliphatic rings. The number of hydrogen-bond donors (Lipinski definition) is 1. The largest absolute Gasteiger partial charge is 0.497 e. The van der Waals surface area contributed by atoms with Gasteiger partial charge in [-0.1, -0.05) is 24.3 Å². The third-order valence-electron chi connectivity index (χ3n) is 7.74. The highest BCUT2D eigenvalue weighted by Crippen LogP contribution is 2.32. The quantitative estimate of drug-likeness (QED) is 0.570. The Morgan fingerprint density at radius 2 is 1.79 bits per heavy atom. The van der Waals surface area contributed by atoms with Crippen LogP contribution >= 0.6 is 0 Å². The average Bonchev–Trinajstić information content (AvgIpc) is 2.96. The minimum Gasteiger partial charge on any atom is -0.497 e. The molecule has 0 radical (unpaired) electrons. The number of anilines is 1. The molecule has 2 aromatic rings. The smallest absolute Gasteiger partial charge is 0.243 e. The van der Waals surface area contributed by atoms with Crippen molar-refractivity contribution in [2.75, 3.05) is 57.9 Å². The van der Waals surface area contributed by atoms with Crippen LogP contribution in [-0.2, 0) is 24.3 Å². The Kier molecular flexibility index (Phi) is 8.73. The lowest BCUT2D eigenvalue weighted by atomic mass is 9.96. The molecule has 0 saturated carbocycles. The van der Waals surface area contributed by atoms with Gasteiger partial charge in [0.2, 0.25) is 15.9 Å². The fourth-order valence-electron chi connectivity index (χ4n) is 5.64. The number of hydrogen-bond acceptors (Lipinski definition) is 8. The minimum absolute atomic E-state index is 0.00595. The number of para-hydroxylation sites is 1. The maximum absolute atomic E-state index is 13.7. The third kappa shape index (κ3) is 6.38. The second-order valence-corrected chi connectivity index (χ2v) is 12.2. The van der Waals surface area contributed by atoms with E-state index in [-0.39, 0.29) is 43.1 Å². The van der Waals surface area contributed by atoms with Crippen molar-refractivity contribution in [3.05, 3.63) is 54.6 Å². The number of carbonyl (C=O) groups is 1. The van der Waals surface area contributed by atoms with Gasteiger partial charge in [-0.3, -0.25) is 4.79 Å². The Hall–Kier alpha value is -2.70. The molecule has 3 fully saturated rings. The number of piperazine rings is 1. The van der Waals surface area contributed by atoms with Crippen molar-refractivity contribution >= 4 is 21.6 Å². The summed E-state index contributed by atoms with van der Waals surface area (Å²) in [6, 6.07) is 16.0. The van der Waals surface area contributed by atoms with Gasteiger partial charge in [0.25, 0.3) is 0 Å². The van der Waals surface area contributed by atoms with Gasteiger partial charge < -0.3 is 29.1 Å². The molecule has 0 unspecified atom stereocenters. The molecular formula is C28H37N3O7S. The second kappa shape index (κ2) is 12.2. The van der Waals surface area contributed by atoms with Gasteiger partial charge in [-0.05, 0) is 37.1 Å². The van der Waals surface area contributed by atoms with Crippen LogP contribution in [0.2, 0.25) is 0 Å². The van der Waals surface area contributed by atoms with Crippen LogP contribution in [0.25, 0.3) is 0 Å². The molecule has 2 aromatic carbocycles. The predicted octanol–water partition coefficient (Wildman–Crippen LogP) is 1.73. The van der Waals surface area contributed by atoms with E-state index in [1.807, 2.05) is 23.1 Å². The number of fused-ring (bicyclic) bond motifs is 1. The van der Waals surface area contributed by atoms with Crippen molar-refractivity contribution in [1.82, 2.24) is 9.21 Å². The minimum atomic E-state index is -3.95.